The molecule has 0 radical (unpaired) electrons. The number of benzene rings is 1. The first-order chi connectivity index (χ1) is 14.4. The molecule has 0 saturated heterocycles. The Morgan fingerprint density at radius 2 is 1.70 bits per heavy atom. The highest BCUT2D eigenvalue weighted by atomic mass is 32.2. The van der Waals surface area contributed by atoms with Gasteiger partial charge in [0.1, 0.15) is 29.2 Å². The number of hydrogen-bond donors (Lipinski definition) is 1. The molecule has 158 valence electrons. The van der Waals surface area contributed by atoms with Gasteiger partial charge in [0.05, 0.1) is 34.4 Å². The van der Waals surface area contributed by atoms with E-state index in [-0.39, 0.29) is 31.0 Å². The van der Waals surface area contributed by atoms with Crippen molar-refractivity contribution in [2.24, 2.45) is 0 Å². The van der Waals surface area contributed by atoms with Gasteiger partial charge in [-0.3, -0.25) is 9.59 Å². The largest absolute Gasteiger partial charge is 0.492 e. The number of ether oxygens (including phenoxy) is 3. The number of rotatable bonds is 10. The van der Waals surface area contributed by atoms with Crippen molar-refractivity contribution in [3.8, 4) is 23.6 Å². The average Bonchev–Trinajstić information content (AvgIpc) is 3.15. The molecule has 1 aromatic carbocycles. The second-order valence-corrected chi connectivity index (χ2v) is 8.44. The fourth-order valence-electron chi connectivity index (χ4n) is 2.52. The van der Waals surface area contributed by atoms with Gasteiger partial charge in [0.2, 0.25) is 0 Å². The number of carbonyl (C=O) groups excluding carboxylic acids is 1. The van der Waals surface area contributed by atoms with E-state index in [9.17, 15) is 20.1 Å². The summed E-state index contributed by atoms with van der Waals surface area (Å²) in [6.45, 7) is 2.38. The minimum atomic E-state index is -0.890. The molecule has 0 amide bonds. The van der Waals surface area contributed by atoms with Crippen molar-refractivity contribution >= 4 is 35.5 Å². The zero-order chi connectivity index (χ0) is 22.1. The third-order valence-electron chi connectivity index (χ3n) is 3.95. The molecule has 1 aliphatic heterocycles. The van der Waals surface area contributed by atoms with Gasteiger partial charge in [-0.1, -0.05) is 23.5 Å². The molecule has 1 heterocycles. The summed E-state index contributed by atoms with van der Waals surface area (Å²) < 4.78 is 16.9. The van der Waals surface area contributed by atoms with Gasteiger partial charge in [0.15, 0.2) is 0 Å². The van der Waals surface area contributed by atoms with E-state index in [0.29, 0.717) is 35.2 Å². The molecule has 0 fully saturated rings. The quantitative estimate of drug-likeness (QED) is 0.318. The zero-order valence-corrected chi connectivity index (χ0v) is 18.2. The minimum Gasteiger partial charge on any atom is -0.492 e. The topological polar surface area (TPSA) is 130 Å². The third kappa shape index (κ3) is 6.09. The summed E-state index contributed by atoms with van der Waals surface area (Å²) in [5.74, 6) is -0.0416. The van der Waals surface area contributed by atoms with Gasteiger partial charge in [0.25, 0.3) is 0 Å². The number of methoxy groups -OCH3 is 1. The molecule has 1 aliphatic rings. The predicted octanol–water partition coefficient (Wildman–Crippen LogP) is 4.03. The number of carbonyl (C=O) groups is 2. The van der Waals surface area contributed by atoms with Crippen LogP contribution >= 0.6 is 23.5 Å². The molecule has 0 aromatic heterocycles. The van der Waals surface area contributed by atoms with E-state index in [1.807, 2.05) is 19.1 Å². The lowest BCUT2D eigenvalue weighted by Crippen LogP contribution is -2.06. The molecule has 0 atom stereocenters. The van der Waals surface area contributed by atoms with Crippen LogP contribution in [0.4, 0.5) is 0 Å². The van der Waals surface area contributed by atoms with Gasteiger partial charge in [-0.05, 0) is 31.4 Å². The van der Waals surface area contributed by atoms with Crippen LogP contribution in [0.3, 0.4) is 0 Å². The van der Waals surface area contributed by atoms with E-state index in [2.05, 4.69) is 4.74 Å². The number of allylic oxidation sites excluding steroid dienone is 1. The Bertz CT molecular complexity index is 930. The summed E-state index contributed by atoms with van der Waals surface area (Å²) in [5, 5.41) is 27.2. The van der Waals surface area contributed by atoms with Gasteiger partial charge >= 0.3 is 11.9 Å². The number of hydrogen-bond acceptors (Lipinski definition) is 9. The summed E-state index contributed by atoms with van der Waals surface area (Å²) in [6, 6.07) is 5.59. The van der Waals surface area contributed by atoms with Crippen LogP contribution in [0.1, 0.15) is 31.2 Å². The van der Waals surface area contributed by atoms with Gasteiger partial charge in [0, 0.05) is 12.8 Å². The Hall–Kier alpha value is -2.82. The predicted molar refractivity (Wildman–Crippen MR) is 110 cm³/mol. The second kappa shape index (κ2) is 11.4. The molecule has 1 N–H and O–H groups in total. The Kier molecular flexibility index (Phi) is 8.90. The van der Waals surface area contributed by atoms with Crippen LogP contribution in [-0.4, -0.2) is 37.4 Å². The molecule has 10 heteroatoms. The Labute approximate surface area is 182 Å². The first-order valence-electron chi connectivity index (χ1n) is 9.03. The minimum absolute atomic E-state index is 0.00260. The highest BCUT2D eigenvalue weighted by Crippen LogP contribution is 2.59. The molecule has 30 heavy (non-hydrogen) atoms. The number of esters is 1. The van der Waals surface area contributed by atoms with Crippen LogP contribution in [0.2, 0.25) is 0 Å². The molecule has 0 bridgehead atoms. The average molecular weight is 449 g/mol. The van der Waals surface area contributed by atoms with Gasteiger partial charge in [-0.25, -0.2) is 0 Å². The number of nitrogens with zero attached hydrogens (tertiary/aromatic N) is 2. The first kappa shape index (κ1) is 23.5. The van der Waals surface area contributed by atoms with E-state index in [4.69, 9.17) is 14.6 Å². The van der Waals surface area contributed by atoms with Crippen LogP contribution in [0.25, 0.3) is 0 Å². The van der Waals surface area contributed by atoms with Crippen LogP contribution in [0.5, 0.6) is 11.5 Å². The van der Waals surface area contributed by atoms with E-state index in [0.717, 1.165) is 15.4 Å². The van der Waals surface area contributed by atoms with Crippen LogP contribution < -0.4 is 9.47 Å². The zero-order valence-electron chi connectivity index (χ0n) is 16.5. The lowest BCUT2D eigenvalue weighted by atomic mass is 10.2. The molecule has 0 unspecified atom stereocenters. The number of nitriles is 2. The van der Waals surface area contributed by atoms with E-state index in [1.54, 1.807) is 6.07 Å². The fourth-order valence-corrected chi connectivity index (χ4v) is 5.10. The van der Waals surface area contributed by atoms with Crippen LogP contribution in [-0.2, 0) is 14.3 Å². The van der Waals surface area contributed by atoms with Crippen molar-refractivity contribution in [1.82, 2.24) is 0 Å². The summed E-state index contributed by atoms with van der Waals surface area (Å²) >= 11 is 2.53. The Balaban J connectivity index is 2.26. The SMILES string of the molecule is COC(=O)CCCOc1c(C)cc(OCCCC(=O)O)c2c1SC(=C(C#N)C#N)S2. The van der Waals surface area contributed by atoms with Crippen molar-refractivity contribution in [2.75, 3.05) is 20.3 Å². The van der Waals surface area contributed by atoms with Gasteiger partial charge in [-0.2, -0.15) is 10.5 Å². The molecule has 2 rings (SSSR count). The van der Waals surface area contributed by atoms with Crippen LogP contribution in [0, 0.1) is 29.6 Å². The maximum absolute atomic E-state index is 11.3. The van der Waals surface area contributed by atoms with Crippen molar-refractivity contribution in [1.29, 1.82) is 10.5 Å². The maximum atomic E-state index is 11.3. The van der Waals surface area contributed by atoms with Crippen molar-refractivity contribution in [3.63, 3.8) is 0 Å². The third-order valence-corrected chi connectivity index (χ3v) is 6.56. The standard InChI is InChI=1S/C20H20N2O6S2/c1-12-9-14(27-7-3-5-15(23)24)18-19(30-20(29-18)13(10-21)11-22)17(12)28-8-4-6-16(25)26-2/h9H,3-8H2,1-2H3,(H,23,24). The van der Waals surface area contributed by atoms with E-state index < -0.39 is 5.97 Å². The molecule has 1 aromatic rings. The molecular weight excluding hydrogens is 428 g/mol. The normalized spacial score (nSPS) is 11.8. The molecule has 8 nitrogen and oxygen atoms in total. The number of thioether (sulfide) groups is 2. The van der Waals surface area contributed by atoms with Crippen molar-refractivity contribution in [3.05, 3.63) is 21.4 Å². The summed E-state index contributed by atoms with van der Waals surface area (Å²) in [4.78, 5) is 23.4. The highest BCUT2D eigenvalue weighted by Gasteiger charge is 2.30. The van der Waals surface area contributed by atoms with Gasteiger partial charge < -0.3 is 19.3 Å². The lowest BCUT2D eigenvalue weighted by molar-refractivity contribution is -0.141. The number of carboxylic acid groups (broad SMARTS) is 1. The number of fused-ring (bicyclic) bond motifs is 1. The van der Waals surface area contributed by atoms with Crippen molar-refractivity contribution in [2.45, 2.75) is 42.4 Å². The highest BCUT2D eigenvalue weighted by molar-refractivity contribution is 8.24. The van der Waals surface area contributed by atoms with E-state index >= 15 is 0 Å². The number of aliphatic carboxylic acids is 1. The number of carboxylic acids is 1. The summed E-state index contributed by atoms with van der Waals surface area (Å²) in [6.07, 6.45) is 1.08. The van der Waals surface area contributed by atoms with E-state index in [1.165, 1.54) is 30.6 Å². The molecule has 0 spiro atoms. The molecular formula is C20H20N2O6S2. The second-order valence-electron chi connectivity index (χ2n) is 6.14. The Morgan fingerprint density at radius 1 is 1.07 bits per heavy atom. The van der Waals surface area contributed by atoms with Gasteiger partial charge in [-0.15, -0.1) is 0 Å². The Morgan fingerprint density at radius 3 is 2.33 bits per heavy atom. The smallest absolute Gasteiger partial charge is 0.305 e. The fraction of sp³-hybridized carbons (Fsp3) is 0.400. The van der Waals surface area contributed by atoms with Crippen LogP contribution in [0.15, 0.2) is 25.7 Å². The summed E-state index contributed by atoms with van der Waals surface area (Å²) in [5.41, 5.74) is 0.803. The maximum Gasteiger partial charge on any atom is 0.305 e. The molecule has 0 aliphatic carbocycles. The first-order valence-corrected chi connectivity index (χ1v) is 10.7. The number of aryl methyl sites for hydroxylation is 1. The lowest BCUT2D eigenvalue weighted by Gasteiger charge is -2.16. The molecule has 0 saturated carbocycles. The summed E-state index contributed by atoms with van der Waals surface area (Å²) in [7, 11) is 1.33. The monoisotopic (exact) mass is 448 g/mol. The van der Waals surface area contributed by atoms with Crippen molar-refractivity contribution < 1.29 is 28.9 Å².